The molecule has 9 heteroatoms. The molecule has 5 rings (SSSR count). The molecule has 32 heavy (non-hydrogen) atoms. The molecule has 2 fully saturated rings. The van der Waals surface area contributed by atoms with Crippen LogP contribution in [0.25, 0.3) is 11.2 Å². The van der Waals surface area contributed by atoms with Gasteiger partial charge in [0.05, 0.1) is 28.8 Å². The largest absolute Gasteiger partial charge is 0.389 e. The molecule has 3 aromatic rings. The van der Waals surface area contributed by atoms with Gasteiger partial charge in [0.2, 0.25) is 5.82 Å². The number of aromatic nitrogens is 4. The lowest BCUT2D eigenvalue weighted by atomic mass is 9.92. The summed E-state index contributed by atoms with van der Waals surface area (Å²) in [6.45, 7) is 6.44. The molecule has 1 unspecified atom stereocenters. The van der Waals surface area contributed by atoms with Crippen molar-refractivity contribution in [1.82, 2.24) is 19.5 Å². The highest BCUT2D eigenvalue weighted by Gasteiger charge is 2.74. The van der Waals surface area contributed by atoms with Gasteiger partial charge >= 0.3 is 0 Å². The van der Waals surface area contributed by atoms with Crippen LogP contribution in [-0.4, -0.2) is 54.3 Å². The Morgan fingerprint density at radius 3 is 2.81 bits per heavy atom. The molecule has 0 spiro atoms. The zero-order valence-corrected chi connectivity index (χ0v) is 19.0. The van der Waals surface area contributed by atoms with E-state index in [4.69, 9.17) is 0 Å². The summed E-state index contributed by atoms with van der Waals surface area (Å²) in [6, 6.07) is 3.51. The van der Waals surface area contributed by atoms with Gasteiger partial charge in [0.25, 0.3) is 0 Å². The lowest BCUT2D eigenvalue weighted by Crippen LogP contribution is -2.37. The summed E-state index contributed by atoms with van der Waals surface area (Å²) < 4.78 is 1.79. The van der Waals surface area contributed by atoms with Gasteiger partial charge in [-0.05, 0) is 50.2 Å². The molecule has 0 aromatic carbocycles. The highest BCUT2D eigenvalue weighted by molar-refractivity contribution is 7.12. The number of Topliss-reactive ketones (excluding diaryl/α,β-unsaturated/α-hetero) is 1. The molecule has 5 atom stereocenters. The Morgan fingerprint density at radius 1 is 1.31 bits per heavy atom. The fourth-order valence-corrected chi connectivity index (χ4v) is 5.79. The number of fused-ring (bicyclic) bond motifs is 2. The summed E-state index contributed by atoms with van der Waals surface area (Å²) in [4.78, 5) is 28.4. The molecule has 2 saturated carbocycles. The number of carbonyl (C=O) groups is 1. The van der Waals surface area contributed by atoms with Crippen LogP contribution in [0.1, 0.15) is 48.3 Å². The third-order valence-corrected chi connectivity index (χ3v) is 7.55. The normalized spacial score (nSPS) is 28.3. The van der Waals surface area contributed by atoms with E-state index in [1.165, 1.54) is 4.88 Å². The lowest BCUT2D eigenvalue weighted by molar-refractivity contribution is -0.130. The minimum absolute atomic E-state index is 0.00160. The van der Waals surface area contributed by atoms with Gasteiger partial charge in [0.1, 0.15) is 11.9 Å². The third kappa shape index (κ3) is 3.05. The van der Waals surface area contributed by atoms with Crippen molar-refractivity contribution in [2.24, 2.45) is 11.3 Å². The molecular formula is C23H25N5O3S. The first-order valence-electron chi connectivity index (χ1n) is 10.9. The van der Waals surface area contributed by atoms with E-state index >= 15 is 0 Å². The van der Waals surface area contributed by atoms with Crippen molar-refractivity contribution < 1.29 is 15.0 Å². The Balaban J connectivity index is 1.59. The third-order valence-electron chi connectivity index (χ3n) is 6.64. The van der Waals surface area contributed by atoms with Gasteiger partial charge in [-0.3, -0.25) is 4.79 Å². The second-order valence-corrected chi connectivity index (χ2v) is 9.75. The monoisotopic (exact) mass is 451 g/mol. The predicted octanol–water partition coefficient (Wildman–Crippen LogP) is 2.29. The molecular weight excluding hydrogens is 426 g/mol. The Hall–Kier alpha value is -2.80. The average molecular weight is 452 g/mol. The van der Waals surface area contributed by atoms with E-state index in [0.29, 0.717) is 42.2 Å². The summed E-state index contributed by atoms with van der Waals surface area (Å²) in [5.74, 6) is 6.93. The Bertz CT molecular complexity index is 1270. The van der Waals surface area contributed by atoms with Crippen LogP contribution >= 0.6 is 11.3 Å². The van der Waals surface area contributed by atoms with E-state index < -0.39 is 23.7 Å². The summed E-state index contributed by atoms with van der Waals surface area (Å²) in [6.07, 6.45) is 0.372. The highest BCUT2D eigenvalue weighted by atomic mass is 32.1. The summed E-state index contributed by atoms with van der Waals surface area (Å²) in [5, 5.41) is 24.8. The second-order valence-electron chi connectivity index (χ2n) is 8.46. The van der Waals surface area contributed by atoms with Gasteiger partial charge in [-0.25, -0.2) is 15.0 Å². The molecule has 3 aromatic heterocycles. The van der Waals surface area contributed by atoms with Crippen LogP contribution in [0, 0.1) is 30.1 Å². The van der Waals surface area contributed by atoms with Gasteiger partial charge in [-0.2, -0.15) is 0 Å². The Labute approximate surface area is 189 Å². The first-order chi connectivity index (χ1) is 15.4. The van der Waals surface area contributed by atoms with E-state index in [0.717, 1.165) is 4.88 Å². The molecule has 3 heterocycles. The van der Waals surface area contributed by atoms with Gasteiger partial charge < -0.3 is 20.1 Å². The number of hydrogen-bond acceptors (Lipinski definition) is 8. The molecule has 0 amide bonds. The molecule has 0 radical (unpaired) electrons. The number of rotatable bonds is 5. The molecule has 3 N–H and O–H groups in total. The fourth-order valence-electron chi connectivity index (χ4n) is 5.07. The van der Waals surface area contributed by atoms with Crippen LogP contribution < -0.4 is 5.32 Å². The number of nitrogens with zero attached hydrogens (tertiary/aromatic N) is 4. The SMILES string of the molecule is CCNc1nc(C#Cc2ccc(C)s2)nc2c1ncn2[C@H]1C(O)[C@@H](O)[C@]2(C(=O)CC)C[C@H]12. The van der Waals surface area contributed by atoms with Crippen LogP contribution in [0.15, 0.2) is 18.5 Å². The zero-order chi connectivity index (χ0) is 22.6. The second kappa shape index (κ2) is 7.66. The number of aliphatic hydroxyl groups excluding tert-OH is 2. The number of carbonyl (C=O) groups excluding carboxylic acids is 1. The summed E-state index contributed by atoms with van der Waals surface area (Å²) in [7, 11) is 0. The Kier molecular flexibility index (Phi) is 5.04. The number of hydrogen-bond donors (Lipinski definition) is 3. The maximum atomic E-state index is 12.6. The van der Waals surface area contributed by atoms with E-state index in [1.54, 1.807) is 29.2 Å². The van der Waals surface area contributed by atoms with Crippen molar-refractivity contribution in [3.63, 3.8) is 0 Å². The van der Waals surface area contributed by atoms with Crippen LogP contribution in [0.3, 0.4) is 0 Å². The van der Waals surface area contributed by atoms with Gasteiger partial charge in [-0.1, -0.05) is 6.92 Å². The van der Waals surface area contributed by atoms with Crippen molar-refractivity contribution in [3.05, 3.63) is 34.0 Å². The Morgan fingerprint density at radius 2 is 2.12 bits per heavy atom. The van der Waals surface area contributed by atoms with E-state index in [2.05, 4.69) is 32.1 Å². The molecule has 8 nitrogen and oxygen atoms in total. The van der Waals surface area contributed by atoms with Crippen molar-refractivity contribution in [3.8, 4) is 11.8 Å². The van der Waals surface area contributed by atoms with Crippen LogP contribution in [0.4, 0.5) is 5.82 Å². The average Bonchev–Trinajstić information content (AvgIpc) is 3.03. The number of aryl methyl sites for hydroxylation is 1. The number of imidazole rings is 1. The van der Waals surface area contributed by atoms with Gasteiger partial charge in [0, 0.05) is 17.8 Å². The summed E-state index contributed by atoms with van der Waals surface area (Å²) in [5.41, 5.74) is 0.253. The number of nitrogens with one attached hydrogen (secondary N) is 1. The first kappa shape index (κ1) is 21.1. The van der Waals surface area contributed by atoms with Crippen molar-refractivity contribution >= 4 is 34.1 Å². The molecule has 166 valence electrons. The number of thiophene rings is 1. The first-order valence-corrected chi connectivity index (χ1v) is 11.7. The van der Waals surface area contributed by atoms with E-state index in [1.807, 2.05) is 26.0 Å². The molecule has 2 aliphatic rings. The highest BCUT2D eigenvalue weighted by Crippen LogP contribution is 2.68. The van der Waals surface area contributed by atoms with E-state index in [9.17, 15) is 15.0 Å². The summed E-state index contributed by atoms with van der Waals surface area (Å²) >= 11 is 1.61. The number of anilines is 1. The predicted molar refractivity (Wildman–Crippen MR) is 121 cm³/mol. The maximum Gasteiger partial charge on any atom is 0.209 e. The zero-order valence-electron chi connectivity index (χ0n) is 18.2. The maximum absolute atomic E-state index is 12.6. The lowest BCUT2D eigenvalue weighted by Gasteiger charge is -2.23. The van der Waals surface area contributed by atoms with Gasteiger partial charge in [0.15, 0.2) is 17.0 Å². The van der Waals surface area contributed by atoms with Crippen molar-refractivity contribution in [2.45, 2.75) is 51.9 Å². The molecule has 0 bridgehead atoms. The minimum atomic E-state index is -1.08. The number of aliphatic hydroxyl groups is 2. The fraction of sp³-hybridized carbons (Fsp3) is 0.478. The molecule has 0 aliphatic heterocycles. The van der Waals surface area contributed by atoms with Crippen LogP contribution in [-0.2, 0) is 4.79 Å². The minimum Gasteiger partial charge on any atom is -0.389 e. The van der Waals surface area contributed by atoms with Crippen LogP contribution in [0.5, 0.6) is 0 Å². The number of ketones is 1. The van der Waals surface area contributed by atoms with Gasteiger partial charge in [-0.15, -0.1) is 11.3 Å². The van der Waals surface area contributed by atoms with Crippen LogP contribution in [0.2, 0.25) is 0 Å². The smallest absolute Gasteiger partial charge is 0.209 e. The topological polar surface area (TPSA) is 113 Å². The molecule has 2 aliphatic carbocycles. The van der Waals surface area contributed by atoms with Crippen molar-refractivity contribution in [1.29, 1.82) is 0 Å². The standard InChI is InChI=1S/C23H25N5O3S/c1-4-15(29)23-10-14(23)18(19(30)20(23)31)28-11-25-17-21(24-5-2)26-16(27-22(17)28)9-8-13-7-6-12(3)32-13/h6-7,11,14,18-20,30-31H,4-5,10H2,1-3H3,(H,24,26,27)/t14-,18-,19?,20-,23-/m1/s1. The van der Waals surface area contributed by atoms with E-state index in [-0.39, 0.29) is 11.7 Å². The quantitative estimate of drug-likeness (QED) is 0.510. The van der Waals surface area contributed by atoms with Crippen molar-refractivity contribution in [2.75, 3.05) is 11.9 Å². The molecule has 0 saturated heterocycles.